The molecule has 3 rings (SSSR count). The summed E-state index contributed by atoms with van der Waals surface area (Å²) in [5, 5.41) is 5.80. The lowest BCUT2D eigenvalue weighted by Gasteiger charge is -2.33. The molecule has 0 spiro atoms. The van der Waals surface area contributed by atoms with Crippen LogP contribution >= 0.6 is 0 Å². The standard InChI is InChI=1S/C19H24N4O5S/c1-29(26,27)23-10-8-22(9-11-23)18(24)14-20-17-7-3-2-6-16(17)19(25)21-13-15-5-4-12-28-15/h2-7,12,20H,8-11,13-14H2,1H3,(H,21,25). The third kappa shape index (κ3) is 5.58. The molecule has 1 aromatic heterocycles. The summed E-state index contributed by atoms with van der Waals surface area (Å²) in [4.78, 5) is 26.6. The van der Waals surface area contributed by atoms with Gasteiger partial charge in [0.2, 0.25) is 15.9 Å². The number of benzene rings is 1. The summed E-state index contributed by atoms with van der Waals surface area (Å²) in [6.07, 6.45) is 2.71. The highest BCUT2D eigenvalue weighted by Crippen LogP contribution is 2.15. The molecule has 0 aliphatic carbocycles. The number of rotatable bonds is 7. The predicted octanol–water partition coefficient (Wildman–Crippen LogP) is 0.725. The average molecular weight is 420 g/mol. The Kier molecular flexibility index (Phi) is 6.55. The molecule has 0 radical (unpaired) electrons. The predicted molar refractivity (Wildman–Crippen MR) is 108 cm³/mol. The summed E-state index contributed by atoms with van der Waals surface area (Å²) >= 11 is 0. The van der Waals surface area contributed by atoms with Gasteiger partial charge in [-0.3, -0.25) is 9.59 Å². The average Bonchev–Trinajstić information content (AvgIpc) is 3.23. The molecule has 10 heteroatoms. The van der Waals surface area contributed by atoms with Gasteiger partial charge in [0.05, 0.1) is 31.2 Å². The summed E-state index contributed by atoms with van der Waals surface area (Å²) in [5.74, 6) is 0.217. The Balaban J connectivity index is 1.54. The van der Waals surface area contributed by atoms with Crippen molar-refractivity contribution in [2.75, 3.05) is 44.3 Å². The maximum absolute atomic E-state index is 12.5. The Morgan fingerprint density at radius 2 is 1.79 bits per heavy atom. The maximum Gasteiger partial charge on any atom is 0.253 e. The van der Waals surface area contributed by atoms with Crippen LogP contribution in [0.3, 0.4) is 0 Å². The number of carbonyl (C=O) groups is 2. The van der Waals surface area contributed by atoms with Crippen molar-refractivity contribution < 1.29 is 22.4 Å². The van der Waals surface area contributed by atoms with E-state index in [1.54, 1.807) is 47.6 Å². The van der Waals surface area contributed by atoms with E-state index in [2.05, 4.69) is 10.6 Å². The van der Waals surface area contributed by atoms with Gasteiger partial charge in [-0.15, -0.1) is 0 Å². The smallest absolute Gasteiger partial charge is 0.253 e. The molecule has 0 atom stereocenters. The van der Waals surface area contributed by atoms with E-state index < -0.39 is 10.0 Å². The highest BCUT2D eigenvalue weighted by atomic mass is 32.2. The molecule has 2 N–H and O–H groups in total. The van der Waals surface area contributed by atoms with Crippen molar-refractivity contribution in [3.8, 4) is 0 Å². The number of piperazine rings is 1. The molecular formula is C19H24N4O5S. The van der Waals surface area contributed by atoms with Crippen LogP contribution in [-0.2, 0) is 21.4 Å². The molecule has 1 aliphatic heterocycles. The van der Waals surface area contributed by atoms with Crippen LogP contribution in [0.15, 0.2) is 47.1 Å². The summed E-state index contributed by atoms with van der Waals surface area (Å²) in [6, 6.07) is 10.5. The third-order valence-electron chi connectivity index (χ3n) is 4.67. The van der Waals surface area contributed by atoms with E-state index >= 15 is 0 Å². The van der Waals surface area contributed by atoms with Gasteiger partial charge in [-0.1, -0.05) is 12.1 Å². The number of hydrogen-bond donors (Lipinski definition) is 2. The van der Waals surface area contributed by atoms with E-state index in [-0.39, 0.29) is 38.0 Å². The number of sulfonamides is 1. The van der Waals surface area contributed by atoms with Crippen LogP contribution in [0.2, 0.25) is 0 Å². The Labute approximate surface area is 169 Å². The third-order valence-corrected chi connectivity index (χ3v) is 5.97. The van der Waals surface area contributed by atoms with Gasteiger partial charge in [0.1, 0.15) is 5.76 Å². The first-order valence-corrected chi connectivity index (χ1v) is 11.1. The fourth-order valence-electron chi connectivity index (χ4n) is 3.06. The summed E-state index contributed by atoms with van der Waals surface area (Å²) in [5.41, 5.74) is 0.973. The Morgan fingerprint density at radius 1 is 1.07 bits per heavy atom. The second kappa shape index (κ2) is 9.10. The van der Waals surface area contributed by atoms with E-state index in [9.17, 15) is 18.0 Å². The van der Waals surface area contributed by atoms with Crippen LogP contribution in [-0.4, -0.2) is 68.4 Å². The molecular weight excluding hydrogens is 396 g/mol. The molecule has 1 saturated heterocycles. The van der Waals surface area contributed by atoms with Gasteiger partial charge in [0.15, 0.2) is 0 Å². The summed E-state index contributed by atoms with van der Waals surface area (Å²) < 4.78 is 29.7. The molecule has 2 aromatic rings. The van der Waals surface area contributed by atoms with Gasteiger partial charge in [-0.05, 0) is 24.3 Å². The van der Waals surface area contributed by atoms with E-state index in [0.29, 0.717) is 30.1 Å². The van der Waals surface area contributed by atoms with Gasteiger partial charge < -0.3 is 20.0 Å². The number of anilines is 1. The number of para-hydroxylation sites is 1. The highest BCUT2D eigenvalue weighted by Gasteiger charge is 2.26. The van der Waals surface area contributed by atoms with Crippen molar-refractivity contribution in [2.45, 2.75) is 6.54 Å². The van der Waals surface area contributed by atoms with Gasteiger partial charge in [-0.25, -0.2) is 8.42 Å². The molecule has 9 nitrogen and oxygen atoms in total. The van der Waals surface area contributed by atoms with Crippen LogP contribution in [0.25, 0.3) is 0 Å². The van der Waals surface area contributed by atoms with Crippen LogP contribution in [0, 0.1) is 0 Å². The largest absolute Gasteiger partial charge is 0.467 e. The lowest BCUT2D eigenvalue weighted by molar-refractivity contribution is -0.130. The molecule has 1 aromatic carbocycles. The lowest BCUT2D eigenvalue weighted by Crippen LogP contribution is -2.51. The van der Waals surface area contributed by atoms with Crippen molar-refractivity contribution in [3.05, 3.63) is 54.0 Å². The van der Waals surface area contributed by atoms with E-state index in [1.165, 1.54) is 10.6 Å². The first-order chi connectivity index (χ1) is 13.8. The second-order valence-electron chi connectivity index (χ2n) is 6.70. The minimum atomic E-state index is -3.24. The molecule has 1 fully saturated rings. The first kappa shape index (κ1) is 20.9. The van der Waals surface area contributed by atoms with Gasteiger partial charge >= 0.3 is 0 Å². The van der Waals surface area contributed by atoms with Crippen molar-refractivity contribution >= 4 is 27.5 Å². The Bertz CT molecular complexity index is 951. The van der Waals surface area contributed by atoms with Gasteiger partial charge in [0, 0.05) is 31.9 Å². The van der Waals surface area contributed by atoms with Crippen molar-refractivity contribution in [2.24, 2.45) is 0 Å². The summed E-state index contributed by atoms with van der Waals surface area (Å²) in [6.45, 7) is 1.55. The zero-order valence-corrected chi connectivity index (χ0v) is 16.9. The van der Waals surface area contributed by atoms with Crippen LogP contribution in [0.5, 0.6) is 0 Å². The molecule has 0 saturated carbocycles. The minimum absolute atomic E-state index is 0.0152. The first-order valence-electron chi connectivity index (χ1n) is 9.21. The lowest BCUT2D eigenvalue weighted by atomic mass is 10.1. The van der Waals surface area contributed by atoms with E-state index in [1.807, 2.05) is 0 Å². The van der Waals surface area contributed by atoms with Crippen molar-refractivity contribution in [1.29, 1.82) is 0 Å². The minimum Gasteiger partial charge on any atom is -0.467 e. The topological polar surface area (TPSA) is 112 Å². The number of nitrogens with one attached hydrogen (secondary N) is 2. The zero-order valence-electron chi connectivity index (χ0n) is 16.1. The molecule has 2 amide bonds. The highest BCUT2D eigenvalue weighted by molar-refractivity contribution is 7.88. The van der Waals surface area contributed by atoms with Crippen LogP contribution < -0.4 is 10.6 Å². The second-order valence-corrected chi connectivity index (χ2v) is 8.69. The summed E-state index contributed by atoms with van der Waals surface area (Å²) in [7, 11) is -3.24. The zero-order chi connectivity index (χ0) is 20.9. The molecule has 29 heavy (non-hydrogen) atoms. The van der Waals surface area contributed by atoms with E-state index in [4.69, 9.17) is 4.42 Å². The normalized spacial score (nSPS) is 15.1. The molecule has 0 bridgehead atoms. The van der Waals surface area contributed by atoms with Crippen molar-refractivity contribution in [3.63, 3.8) is 0 Å². The Morgan fingerprint density at radius 3 is 2.45 bits per heavy atom. The number of amides is 2. The molecule has 2 heterocycles. The van der Waals surface area contributed by atoms with Crippen LogP contribution in [0.4, 0.5) is 5.69 Å². The monoisotopic (exact) mass is 420 g/mol. The Hall–Kier alpha value is -2.85. The molecule has 156 valence electrons. The fraction of sp³-hybridized carbons (Fsp3) is 0.368. The number of nitrogens with zero attached hydrogens (tertiary/aromatic N) is 2. The molecule has 0 unspecified atom stereocenters. The molecule has 1 aliphatic rings. The van der Waals surface area contributed by atoms with Crippen LogP contribution in [0.1, 0.15) is 16.1 Å². The van der Waals surface area contributed by atoms with Gasteiger partial charge in [0.25, 0.3) is 5.91 Å². The SMILES string of the molecule is CS(=O)(=O)N1CCN(C(=O)CNc2ccccc2C(=O)NCc2ccco2)CC1. The number of hydrogen-bond acceptors (Lipinski definition) is 6. The van der Waals surface area contributed by atoms with E-state index in [0.717, 1.165) is 0 Å². The quantitative estimate of drug-likeness (QED) is 0.683. The number of carbonyl (C=O) groups excluding carboxylic acids is 2. The fourth-order valence-corrected chi connectivity index (χ4v) is 3.89. The number of furan rings is 1. The van der Waals surface area contributed by atoms with Gasteiger partial charge in [-0.2, -0.15) is 4.31 Å². The maximum atomic E-state index is 12.5. The van der Waals surface area contributed by atoms with Crippen molar-refractivity contribution in [1.82, 2.24) is 14.5 Å².